The molecule has 0 nitrogen and oxygen atoms in total. The lowest BCUT2D eigenvalue weighted by Gasteiger charge is -2.15. The fraction of sp³-hybridized carbons (Fsp3) is 0.100. The molecule has 0 saturated carbocycles. The summed E-state index contributed by atoms with van der Waals surface area (Å²) in [4.78, 5) is 0. The van der Waals surface area contributed by atoms with Crippen LogP contribution in [-0.4, -0.2) is 0 Å². The molecule has 0 radical (unpaired) electrons. The summed E-state index contributed by atoms with van der Waals surface area (Å²) in [6.45, 7) is 4.39. The summed E-state index contributed by atoms with van der Waals surface area (Å²) >= 11 is 0. The maximum atomic E-state index is 2.24. The number of aryl methyl sites for hydroxylation is 1. The van der Waals surface area contributed by atoms with Crippen LogP contribution in [0.15, 0.2) is 72.8 Å². The minimum Gasteiger partial charge on any atom is -0.0622 e. The summed E-state index contributed by atoms with van der Waals surface area (Å²) in [5.74, 6) is 0. The van der Waals surface area contributed by atoms with Crippen molar-refractivity contribution in [1.82, 2.24) is 0 Å². The van der Waals surface area contributed by atoms with Gasteiger partial charge in [0.05, 0.1) is 0 Å². The maximum absolute atomic E-state index is 2.24. The Morgan fingerprint density at radius 1 is 0.550 bits per heavy atom. The summed E-state index contributed by atoms with van der Waals surface area (Å²) in [6, 6.07) is 25.7. The number of rotatable bonds is 2. The highest BCUT2D eigenvalue weighted by Gasteiger charge is 2.11. The second-order valence-corrected chi connectivity index (χ2v) is 5.16. The van der Waals surface area contributed by atoms with Crippen molar-refractivity contribution in [2.45, 2.75) is 13.8 Å². The van der Waals surface area contributed by atoms with Crippen molar-refractivity contribution < 1.29 is 0 Å². The average molecular weight is 258 g/mol. The molecule has 0 amide bonds. The van der Waals surface area contributed by atoms with Gasteiger partial charge in [-0.05, 0) is 47.2 Å². The lowest BCUT2D eigenvalue weighted by atomic mass is 9.89. The van der Waals surface area contributed by atoms with Gasteiger partial charge in [0.1, 0.15) is 0 Å². The molecule has 0 aromatic heterocycles. The first-order chi connectivity index (χ1) is 9.77. The SMILES string of the molecule is Cc1ccc(-c2ccccc2)c(-c2ccccc2)c1C. The van der Waals surface area contributed by atoms with Gasteiger partial charge in [-0.2, -0.15) is 0 Å². The van der Waals surface area contributed by atoms with E-state index < -0.39 is 0 Å². The fourth-order valence-electron chi connectivity index (χ4n) is 2.65. The molecule has 20 heavy (non-hydrogen) atoms. The number of hydrogen-bond acceptors (Lipinski definition) is 0. The molecular formula is C20H18. The molecule has 0 aliphatic carbocycles. The van der Waals surface area contributed by atoms with Crippen molar-refractivity contribution >= 4 is 0 Å². The van der Waals surface area contributed by atoms with E-state index in [4.69, 9.17) is 0 Å². The molecule has 0 heteroatoms. The van der Waals surface area contributed by atoms with Crippen LogP contribution in [0.4, 0.5) is 0 Å². The van der Waals surface area contributed by atoms with E-state index in [-0.39, 0.29) is 0 Å². The third kappa shape index (κ3) is 2.25. The molecule has 98 valence electrons. The van der Waals surface area contributed by atoms with Gasteiger partial charge >= 0.3 is 0 Å². The monoisotopic (exact) mass is 258 g/mol. The van der Waals surface area contributed by atoms with Gasteiger partial charge in [-0.25, -0.2) is 0 Å². The first-order valence-corrected chi connectivity index (χ1v) is 6.98. The maximum Gasteiger partial charge on any atom is -0.00735 e. The quantitative estimate of drug-likeness (QED) is 0.558. The molecule has 0 aliphatic rings. The molecule has 0 heterocycles. The third-order valence-corrected chi connectivity index (χ3v) is 3.88. The standard InChI is InChI=1S/C20H18/c1-15-13-14-19(17-9-5-3-6-10-17)20(16(15)2)18-11-7-4-8-12-18/h3-14H,1-2H3. The normalized spacial score (nSPS) is 10.5. The van der Waals surface area contributed by atoms with Gasteiger partial charge in [-0.3, -0.25) is 0 Å². The fourth-order valence-corrected chi connectivity index (χ4v) is 2.65. The van der Waals surface area contributed by atoms with E-state index in [1.165, 1.54) is 33.4 Å². The lowest BCUT2D eigenvalue weighted by molar-refractivity contribution is 1.34. The Hall–Kier alpha value is -2.34. The molecule has 0 atom stereocenters. The van der Waals surface area contributed by atoms with Gasteiger partial charge in [0.25, 0.3) is 0 Å². The summed E-state index contributed by atoms with van der Waals surface area (Å²) in [5.41, 5.74) is 7.90. The van der Waals surface area contributed by atoms with Crippen LogP contribution >= 0.6 is 0 Å². The van der Waals surface area contributed by atoms with Crippen LogP contribution < -0.4 is 0 Å². The second-order valence-electron chi connectivity index (χ2n) is 5.16. The highest BCUT2D eigenvalue weighted by atomic mass is 14.1. The van der Waals surface area contributed by atoms with E-state index in [0.29, 0.717) is 0 Å². The van der Waals surface area contributed by atoms with E-state index in [0.717, 1.165) is 0 Å². The van der Waals surface area contributed by atoms with E-state index in [1.54, 1.807) is 0 Å². The van der Waals surface area contributed by atoms with Crippen LogP contribution in [0.1, 0.15) is 11.1 Å². The number of hydrogen-bond donors (Lipinski definition) is 0. The van der Waals surface area contributed by atoms with Gasteiger partial charge in [-0.15, -0.1) is 0 Å². The average Bonchev–Trinajstić information content (AvgIpc) is 2.51. The topological polar surface area (TPSA) is 0 Å². The van der Waals surface area contributed by atoms with Crippen LogP contribution in [0.3, 0.4) is 0 Å². The Balaban J connectivity index is 2.29. The molecule has 0 bridgehead atoms. The van der Waals surface area contributed by atoms with Gasteiger partial charge in [0, 0.05) is 0 Å². The lowest BCUT2D eigenvalue weighted by Crippen LogP contribution is -1.92. The smallest absolute Gasteiger partial charge is 0.00735 e. The van der Waals surface area contributed by atoms with E-state index in [1.807, 2.05) is 0 Å². The van der Waals surface area contributed by atoms with E-state index in [2.05, 4.69) is 86.6 Å². The molecule has 3 aromatic rings. The molecule has 3 rings (SSSR count). The first kappa shape index (κ1) is 12.7. The van der Waals surface area contributed by atoms with E-state index >= 15 is 0 Å². The zero-order chi connectivity index (χ0) is 13.9. The Kier molecular flexibility index (Phi) is 3.39. The molecular weight excluding hydrogens is 240 g/mol. The number of benzene rings is 3. The molecule has 0 saturated heterocycles. The first-order valence-electron chi connectivity index (χ1n) is 6.98. The molecule has 0 aliphatic heterocycles. The van der Waals surface area contributed by atoms with Crippen LogP contribution in [0, 0.1) is 13.8 Å². The highest BCUT2D eigenvalue weighted by Crippen LogP contribution is 2.35. The van der Waals surface area contributed by atoms with Crippen molar-refractivity contribution in [2.75, 3.05) is 0 Å². The van der Waals surface area contributed by atoms with Crippen molar-refractivity contribution in [1.29, 1.82) is 0 Å². The van der Waals surface area contributed by atoms with Crippen LogP contribution in [0.5, 0.6) is 0 Å². The Morgan fingerprint density at radius 2 is 1.10 bits per heavy atom. The van der Waals surface area contributed by atoms with Crippen LogP contribution in [0.2, 0.25) is 0 Å². The minimum absolute atomic E-state index is 1.27. The van der Waals surface area contributed by atoms with Crippen LogP contribution in [-0.2, 0) is 0 Å². The molecule has 0 fully saturated rings. The van der Waals surface area contributed by atoms with Gasteiger partial charge < -0.3 is 0 Å². The van der Waals surface area contributed by atoms with Crippen LogP contribution in [0.25, 0.3) is 22.3 Å². The highest BCUT2D eigenvalue weighted by molar-refractivity contribution is 5.86. The Bertz CT molecular complexity index is 710. The van der Waals surface area contributed by atoms with Crippen molar-refractivity contribution in [3.05, 3.63) is 83.9 Å². The Labute approximate surface area is 120 Å². The molecule has 0 spiro atoms. The van der Waals surface area contributed by atoms with Crippen molar-refractivity contribution in [3.63, 3.8) is 0 Å². The summed E-state index contributed by atoms with van der Waals surface area (Å²) < 4.78 is 0. The third-order valence-electron chi connectivity index (χ3n) is 3.88. The largest absolute Gasteiger partial charge is 0.0622 e. The molecule has 3 aromatic carbocycles. The zero-order valence-electron chi connectivity index (χ0n) is 11.9. The minimum atomic E-state index is 1.27. The van der Waals surface area contributed by atoms with Crippen molar-refractivity contribution in [3.8, 4) is 22.3 Å². The van der Waals surface area contributed by atoms with E-state index in [9.17, 15) is 0 Å². The van der Waals surface area contributed by atoms with Gasteiger partial charge in [0.15, 0.2) is 0 Å². The zero-order valence-corrected chi connectivity index (χ0v) is 11.9. The second kappa shape index (κ2) is 5.34. The molecule has 0 unspecified atom stereocenters. The summed E-state index contributed by atoms with van der Waals surface area (Å²) in [5, 5.41) is 0. The van der Waals surface area contributed by atoms with Gasteiger partial charge in [-0.1, -0.05) is 72.8 Å². The van der Waals surface area contributed by atoms with Crippen molar-refractivity contribution in [2.24, 2.45) is 0 Å². The van der Waals surface area contributed by atoms with Gasteiger partial charge in [0.2, 0.25) is 0 Å². The molecule has 0 N–H and O–H groups in total. The predicted octanol–water partition coefficient (Wildman–Crippen LogP) is 5.64. The summed E-state index contributed by atoms with van der Waals surface area (Å²) in [6.07, 6.45) is 0. The summed E-state index contributed by atoms with van der Waals surface area (Å²) in [7, 11) is 0. The Morgan fingerprint density at radius 3 is 1.70 bits per heavy atom. The predicted molar refractivity (Wildman–Crippen MR) is 86.8 cm³/mol.